The van der Waals surface area contributed by atoms with Gasteiger partial charge >= 0.3 is 6.18 Å². The number of ether oxygens (including phenoxy) is 1. The Morgan fingerprint density at radius 1 is 1.04 bits per heavy atom. The standard InChI is InChI=1S/C18H22F3N3O/c1-11(2)13-6-8-14(9-7-13)24(5)17-22-10-15(18(19,20)21)16(23-17)25-12(3)4/h6-12H,1-5H3. The second-order valence-corrected chi connectivity index (χ2v) is 6.36. The molecule has 25 heavy (non-hydrogen) atoms. The van der Waals surface area contributed by atoms with Crippen molar-refractivity contribution in [2.75, 3.05) is 11.9 Å². The Morgan fingerprint density at radius 3 is 2.12 bits per heavy atom. The van der Waals surface area contributed by atoms with Crippen LogP contribution in [0, 0.1) is 0 Å². The number of aromatic nitrogens is 2. The van der Waals surface area contributed by atoms with E-state index in [0.29, 0.717) is 5.92 Å². The second-order valence-electron chi connectivity index (χ2n) is 6.36. The maximum absolute atomic E-state index is 13.1. The van der Waals surface area contributed by atoms with Gasteiger partial charge in [0.2, 0.25) is 11.8 Å². The van der Waals surface area contributed by atoms with Crippen molar-refractivity contribution >= 4 is 11.6 Å². The second kappa shape index (κ2) is 7.29. The van der Waals surface area contributed by atoms with Crippen molar-refractivity contribution in [3.63, 3.8) is 0 Å². The molecule has 0 atom stereocenters. The first kappa shape index (κ1) is 19.0. The van der Waals surface area contributed by atoms with Gasteiger partial charge in [-0.05, 0) is 37.5 Å². The predicted molar refractivity (Wildman–Crippen MR) is 91.4 cm³/mol. The molecule has 0 N–H and O–H groups in total. The van der Waals surface area contributed by atoms with Crippen molar-refractivity contribution in [1.29, 1.82) is 0 Å². The molecule has 0 spiro atoms. The van der Waals surface area contributed by atoms with Crippen LogP contribution in [0.2, 0.25) is 0 Å². The van der Waals surface area contributed by atoms with Crippen LogP contribution in [-0.2, 0) is 6.18 Å². The third-order valence-corrected chi connectivity index (χ3v) is 3.64. The summed E-state index contributed by atoms with van der Waals surface area (Å²) in [4.78, 5) is 9.47. The Labute approximate surface area is 145 Å². The van der Waals surface area contributed by atoms with Gasteiger partial charge in [0, 0.05) is 18.9 Å². The van der Waals surface area contributed by atoms with Crippen LogP contribution >= 0.6 is 0 Å². The average molecular weight is 353 g/mol. The fourth-order valence-corrected chi connectivity index (χ4v) is 2.22. The van der Waals surface area contributed by atoms with E-state index in [1.165, 1.54) is 5.56 Å². The van der Waals surface area contributed by atoms with Crippen LogP contribution in [0.25, 0.3) is 0 Å². The van der Waals surface area contributed by atoms with Crippen molar-refractivity contribution in [2.45, 2.75) is 45.9 Å². The molecule has 1 aromatic heterocycles. The summed E-state index contributed by atoms with van der Waals surface area (Å²) in [5.41, 5.74) is 0.975. The summed E-state index contributed by atoms with van der Waals surface area (Å²) < 4.78 is 44.6. The molecule has 0 radical (unpaired) electrons. The summed E-state index contributed by atoms with van der Waals surface area (Å²) in [5.74, 6) is 0.0758. The highest BCUT2D eigenvalue weighted by molar-refractivity contribution is 5.57. The zero-order valence-electron chi connectivity index (χ0n) is 14.9. The third-order valence-electron chi connectivity index (χ3n) is 3.64. The minimum atomic E-state index is -4.57. The lowest BCUT2D eigenvalue weighted by Crippen LogP contribution is -2.19. The predicted octanol–water partition coefficient (Wildman–Crippen LogP) is 5.17. The zero-order chi connectivity index (χ0) is 18.8. The van der Waals surface area contributed by atoms with Crippen LogP contribution in [0.5, 0.6) is 5.88 Å². The number of nitrogens with zero attached hydrogens (tertiary/aromatic N) is 3. The summed E-state index contributed by atoms with van der Waals surface area (Å²) in [6, 6.07) is 7.73. The summed E-state index contributed by atoms with van der Waals surface area (Å²) in [5, 5.41) is 0. The first-order valence-electron chi connectivity index (χ1n) is 8.04. The molecule has 0 fully saturated rings. The Morgan fingerprint density at radius 2 is 1.64 bits per heavy atom. The Hall–Kier alpha value is -2.31. The first-order valence-corrected chi connectivity index (χ1v) is 8.04. The molecule has 0 saturated heterocycles. The van der Waals surface area contributed by atoms with Gasteiger partial charge in [0.1, 0.15) is 5.56 Å². The minimum Gasteiger partial charge on any atom is -0.474 e. The number of hydrogen-bond acceptors (Lipinski definition) is 4. The summed E-state index contributed by atoms with van der Waals surface area (Å²) in [7, 11) is 1.70. The molecule has 0 bridgehead atoms. The molecule has 7 heteroatoms. The highest BCUT2D eigenvalue weighted by Gasteiger charge is 2.36. The highest BCUT2D eigenvalue weighted by atomic mass is 19.4. The van der Waals surface area contributed by atoms with Crippen LogP contribution < -0.4 is 9.64 Å². The van der Waals surface area contributed by atoms with Gasteiger partial charge in [-0.15, -0.1) is 0 Å². The molecule has 0 aliphatic heterocycles. The number of halogens is 3. The topological polar surface area (TPSA) is 38.2 Å². The van der Waals surface area contributed by atoms with Gasteiger partial charge in [-0.2, -0.15) is 18.2 Å². The van der Waals surface area contributed by atoms with Crippen LogP contribution in [-0.4, -0.2) is 23.1 Å². The van der Waals surface area contributed by atoms with Gasteiger partial charge in [0.15, 0.2) is 0 Å². The maximum atomic E-state index is 13.1. The normalized spacial score (nSPS) is 11.9. The number of anilines is 2. The summed E-state index contributed by atoms with van der Waals surface area (Å²) >= 11 is 0. The van der Waals surface area contributed by atoms with Crippen LogP contribution in [0.3, 0.4) is 0 Å². The number of rotatable bonds is 5. The Kier molecular flexibility index (Phi) is 5.55. The SMILES string of the molecule is CC(C)Oc1nc(N(C)c2ccc(C(C)C)cc2)ncc1C(F)(F)F. The number of benzene rings is 1. The molecule has 2 rings (SSSR count). The number of alkyl halides is 3. The highest BCUT2D eigenvalue weighted by Crippen LogP contribution is 2.36. The van der Waals surface area contributed by atoms with Gasteiger partial charge in [0.05, 0.1) is 6.10 Å². The van der Waals surface area contributed by atoms with Crippen LogP contribution in [0.15, 0.2) is 30.5 Å². The minimum absolute atomic E-state index is 0.140. The van der Waals surface area contributed by atoms with Crippen molar-refractivity contribution in [1.82, 2.24) is 9.97 Å². The van der Waals surface area contributed by atoms with Crippen LogP contribution in [0.4, 0.5) is 24.8 Å². The largest absolute Gasteiger partial charge is 0.474 e. The van der Waals surface area contributed by atoms with E-state index in [9.17, 15) is 13.2 Å². The van der Waals surface area contributed by atoms with E-state index < -0.39 is 23.7 Å². The Balaban J connectivity index is 2.37. The van der Waals surface area contributed by atoms with Crippen LogP contribution in [0.1, 0.15) is 44.7 Å². The van der Waals surface area contributed by atoms with E-state index >= 15 is 0 Å². The Bertz CT molecular complexity index is 712. The van der Waals surface area contributed by atoms with Crippen molar-refractivity contribution in [3.8, 4) is 5.88 Å². The quantitative estimate of drug-likeness (QED) is 0.743. The lowest BCUT2D eigenvalue weighted by molar-refractivity contribution is -0.139. The maximum Gasteiger partial charge on any atom is 0.423 e. The molecular weight excluding hydrogens is 331 g/mol. The first-order chi connectivity index (χ1) is 11.6. The van der Waals surface area contributed by atoms with Gasteiger partial charge in [-0.3, -0.25) is 0 Å². The molecule has 0 unspecified atom stereocenters. The molecule has 0 saturated carbocycles. The van der Waals surface area contributed by atoms with E-state index in [-0.39, 0.29) is 5.95 Å². The third kappa shape index (κ3) is 4.61. The van der Waals surface area contributed by atoms with E-state index in [1.807, 2.05) is 24.3 Å². The molecule has 2 aromatic rings. The molecular formula is C18H22F3N3O. The van der Waals surface area contributed by atoms with Gasteiger partial charge in [-0.25, -0.2) is 4.98 Å². The van der Waals surface area contributed by atoms with Gasteiger partial charge < -0.3 is 9.64 Å². The molecule has 1 aromatic carbocycles. The monoisotopic (exact) mass is 353 g/mol. The lowest BCUT2D eigenvalue weighted by atomic mass is 10.0. The molecule has 0 amide bonds. The van der Waals surface area contributed by atoms with Gasteiger partial charge in [0.25, 0.3) is 0 Å². The van der Waals surface area contributed by atoms with Gasteiger partial charge in [-0.1, -0.05) is 26.0 Å². The average Bonchev–Trinajstić information content (AvgIpc) is 2.52. The van der Waals surface area contributed by atoms with E-state index in [4.69, 9.17) is 4.74 Å². The van der Waals surface area contributed by atoms with E-state index in [2.05, 4.69) is 23.8 Å². The fourth-order valence-electron chi connectivity index (χ4n) is 2.22. The lowest BCUT2D eigenvalue weighted by Gasteiger charge is -2.21. The molecule has 4 nitrogen and oxygen atoms in total. The number of hydrogen-bond donors (Lipinski definition) is 0. The van der Waals surface area contributed by atoms with E-state index in [1.54, 1.807) is 25.8 Å². The molecule has 0 aliphatic rings. The molecule has 136 valence electrons. The smallest absolute Gasteiger partial charge is 0.423 e. The molecule has 0 aliphatic carbocycles. The molecule has 1 heterocycles. The summed E-state index contributed by atoms with van der Waals surface area (Å²) in [6.07, 6.45) is -4.24. The van der Waals surface area contributed by atoms with E-state index in [0.717, 1.165) is 11.9 Å². The van der Waals surface area contributed by atoms with Crippen molar-refractivity contribution < 1.29 is 17.9 Å². The fraction of sp³-hybridized carbons (Fsp3) is 0.444. The van der Waals surface area contributed by atoms with Crippen molar-refractivity contribution in [2.24, 2.45) is 0 Å². The zero-order valence-corrected chi connectivity index (χ0v) is 14.9. The summed E-state index contributed by atoms with van der Waals surface area (Å²) in [6.45, 7) is 7.48. The van der Waals surface area contributed by atoms with Crippen molar-refractivity contribution in [3.05, 3.63) is 41.6 Å².